The molecule has 2 aliphatic rings. The van der Waals surface area contributed by atoms with Crippen LogP contribution >= 0.6 is 11.8 Å². The molecule has 13 nitrogen and oxygen atoms in total. The van der Waals surface area contributed by atoms with Crippen LogP contribution in [-0.4, -0.2) is 76.2 Å². The fraction of sp³-hybridized carbons (Fsp3) is 0.351. The lowest BCUT2D eigenvalue weighted by atomic mass is 9.89. The number of nitro groups is 1. The molecule has 1 fully saturated rings. The van der Waals surface area contributed by atoms with Gasteiger partial charge in [0.25, 0.3) is 5.69 Å². The van der Waals surface area contributed by atoms with Gasteiger partial charge in [0.1, 0.15) is 5.75 Å². The highest BCUT2D eigenvalue weighted by Crippen LogP contribution is 2.39. The van der Waals surface area contributed by atoms with Crippen molar-refractivity contribution in [3.05, 3.63) is 111 Å². The van der Waals surface area contributed by atoms with Gasteiger partial charge >= 0.3 is 12.0 Å². The van der Waals surface area contributed by atoms with Crippen LogP contribution in [0.4, 0.5) is 16.2 Å². The lowest BCUT2D eigenvalue weighted by molar-refractivity contribution is -0.384. The van der Waals surface area contributed by atoms with E-state index in [1.807, 2.05) is 42.5 Å². The third-order valence-corrected chi connectivity index (χ3v) is 10.0. The minimum atomic E-state index is -1.23. The number of nitro benzene ring substituents is 1. The Morgan fingerprint density at radius 1 is 1.04 bits per heavy atom. The molecule has 3 aromatic rings. The monoisotopic (exact) mass is 714 g/mol. The second-order valence-corrected chi connectivity index (χ2v) is 13.4. The van der Waals surface area contributed by atoms with Gasteiger partial charge in [-0.05, 0) is 105 Å². The van der Waals surface area contributed by atoms with E-state index in [1.54, 1.807) is 14.0 Å². The van der Waals surface area contributed by atoms with Gasteiger partial charge in [-0.2, -0.15) is 0 Å². The van der Waals surface area contributed by atoms with Crippen molar-refractivity contribution in [2.75, 3.05) is 38.6 Å². The first-order valence-electron chi connectivity index (χ1n) is 16.7. The molecule has 5 rings (SSSR count). The lowest BCUT2D eigenvalue weighted by Crippen LogP contribution is -2.48. The number of amides is 3. The number of benzene rings is 3. The van der Waals surface area contributed by atoms with E-state index in [0.717, 1.165) is 43.7 Å². The van der Waals surface area contributed by atoms with Gasteiger partial charge in [-0.1, -0.05) is 36.0 Å². The van der Waals surface area contributed by atoms with Crippen molar-refractivity contribution >= 4 is 46.2 Å². The molecule has 3 aromatic carbocycles. The zero-order chi connectivity index (χ0) is 36.5. The van der Waals surface area contributed by atoms with Gasteiger partial charge in [-0.3, -0.25) is 19.8 Å². The number of hydrogen-bond acceptors (Lipinski definition) is 9. The third-order valence-electron chi connectivity index (χ3n) is 8.98. The summed E-state index contributed by atoms with van der Waals surface area (Å²) in [6.45, 7) is 6.02. The first-order valence-corrected chi connectivity index (χ1v) is 17.7. The maximum absolute atomic E-state index is 14.0. The number of nitrogens with one attached hydrogen (secondary N) is 2. The minimum Gasteiger partial charge on any atom is -0.497 e. The van der Waals surface area contributed by atoms with Gasteiger partial charge in [-0.15, -0.1) is 0 Å². The number of amidine groups is 1. The number of aliphatic imine (C=N–C) groups is 1. The van der Waals surface area contributed by atoms with E-state index in [1.165, 1.54) is 53.4 Å². The number of ether oxygens (including phenoxy) is 1. The molecule has 268 valence electrons. The third kappa shape index (κ3) is 9.52. The molecule has 1 unspecified atom stereocenters. The summed E-state index contributed by atoms with van der Waals surface area (Å²) >= 11 is 1.30. The predicted molar refractivity (Wildman–Crippen MR) is 197 cm³/mol. The number of piperidine rings is 1. The zero-order valence-corrected chi connectivity index (χ0v) is 29.7. The Morgan fingerprint density at radius 2 is 1.75 bits per heavy atom. The Morgan fingerprint density at radius 3 is 2.37 bits per heavy atom. The van der Waals surface area contributed by atoms with Crippen LogP contribution in [-0.2, 0) is 15.3 Å². The van der Waals surface area contributed by atoms with Crippen LogP contribution in [0.5, 0.6) is 5.75 Å². The number of urea groups is 1. The zero-order valence-electron chi connectivity index (χ0n) is 28.8. The molecule has 0 spiro atoms. The molecule has 0 aliphatic carbocycles. The van der Waals surface area contributed by atoms with Gasteiger partial charge < -0.3 is 25.4 Å². The summed E-state index contributed by atoms with van der Waals surface area (Å²) in [6.07, 6.45) is 2.64. The standard InChI is InChI=1S/C37H42N6O7S/c1-24-33(35(45)46)34(28-10-12-31(13-11-28)43(48)49)42(37(39-24)51-23-26-8-14-32(50-3)15-9-26)36(47)38-18-5-19-41-20-16-27(17-21-41)29-6-4-7-30(22-29)40-25(2)44/h4,6-15,22,27,34H,5,16-21,23H2,1-3H3,(H,38,47)(H,40,44)(H,45,46). The number of carboxylic acids is 1. The van der Waals surface area contributed by atoms with E-state index >= 15 is 0 Å². The maximum Gasteiger partial charge on any atom is 0.335 e. The van der Waals surface area contributed by atoms with Gasteiger partial charge in [-0.25, -0.2) is 14.6 Å². The Kier molecular flexibility index (Phi) is 12.5. The van der Waals surface area contributed by atoms with Crippen molar-refractivity contribution in [3.8, 4) is 5.75 Å². The summed E-state index contributed by atoms with van der Waals surface area (Å²) in [5.74, 6) is 0.227. The molecule has 0 saturated carbocycles. The van der Waals surface area contributed by atoms with Crippen molar-refractivity contribution in [1.29, 1.82) is 0 Å². The molecular formula is C37H42N6O7S. The van der Waals surface area contributed by atoms with E-state index in [4.69, 9.17) is 4.74 Å². The number of nitrogens with zero attached hydrogens (tertiary/aromatic N) is 4. The van der Waals surface area contributed by atoms with E-state index in [2.05, 4.69) is 26.6 Å². The highest BCUT2D eigenvalue weighted by Gasteiger charge is 2.40. The van der Waals surface area contributed by atoms with E-state index < -0.39 is 23.0 Å². The van der Waals surface area contributed by atoms with Crippen LogP contribution in [0.25, 0.3) is 0 Å². The summed E-state index contributed by atoms with van der Waals surface area (Å²) in [7, 11) is 1.59. The highest BCUT2D eigenvalue weighted by atomic mass is 32.2. The van der Waals surface area contributed by atoms with Gasteiger partial charge in [0, 0.05) is 37.0 Å². The Labute approximate surface area is 300 Å². The number of likely N-dealkylation sites (tertiary alicyclic amines) is 1. The van der Waals surface area contributed by atoms with Crippen molar-refractivity contribution in [3.63, 3.8) is 0 Å². The number of methoxy groups -OCH3 is 1. The smallest absolute Gasteiger partial charge is 0.335 e. The molecule has 51 heavy (non-hydrogen) atoms. The predicted octanol–water partition coefficient (Wildman–Crippen LogP) is 6.55. The Bertz CT molecular complexity index is 1800. The number of anilines is 1. The summed E-state index contributed by atoms with van der Waals surface area (Å²) in [5, 5.41) is 27.8. The number of carbonyl (C=O) groups is 3. The first kappa shape index (κ1) is 37.1. The normalized spacial score (nSPS) is 16.7. The van der Waals surface area contributed by atoms with Crippen molar-refractivity contribution in [2.24, 2.45) is 4.99 Å². The first-order chi connectivity index (χ1) is 24.5. The second-order valence-electron chi connectivity index (χ2n) is 12.5. The van der Waals surface area contributed by atoms with E-state index in [9.17, 15) is 29.6 Å². The average Bonchev–Trinajstić information content (AvgIpc) is 3.12. The largest absolute Gasteiger partial charge is 0.497 e. The summed E-state index contributed by atoms with van der Waals surface area (Å²) in [4.78, 5) is 57.3. The molecule has 0 bridgehead atoms. The van der Waals surface area contributed by atoms with E-state index in [-0.39, 0.29) is 22.9 Å². The number of non-ortho nitro benzene ring substituents is 1. The summed E-state index contributed by atoms with van der Waals surface area (Å²) < 4.78 is 5.26. The van der Waals surface area contributed by atoms with Crippen molar-refractivity contribution in [1.82, 2.24) is 15.1 Å². The molecule has 2 heterocycles. The Hall–Kier alpha value is -5.21. The van der Waals surface area contributed by atoms with Crippen LogP contribution in [0.15, 0.2) is 89.1 Å². The minimum absolute atomic E-state index is 0.0849. The summed E-state index contributed by atoms with van der Waals surface area (Å²) in [6, 6.07) is 19.5. The van der Waals surface area contributed by atoms with Crippen molar-refractivity contribution < 1.29 is 29.2 Å². The average molecular weight is 715 g/mol. The van der Waals surface area contributed by atoms with Crippen LogP contribution in [0.3, 0.4) is 0 Å². The van der Waals surface area contributed by atoms with Crippen molar-refractivity contribution in [2.45, 2.75) is 50.8 Å². The summed E-state index contributed by atoms with van der Waals surface area (Å²) in [5.41, 5.74) is 3.39. The molecule has 0 radical (unpaired) electrons. The number of aliphatic carboxylic acids is 1. The molecule has 2 aliphatic heterocycles. The van der Waals surface area contributed by atoms with Gasteiger partial charge in [0.05, 0.1) is 29.3 Å². The van der Waals surface area contributed by atoms with Gasteiger partial charge in [0.2, 0.25) is 5.91 Å². The highest BCUT2D eigenvalue weighted by molar-refractivity contribution is 8.13. The number of carboxylic acid groups (broad SMARTS) is 1. The van der Waals surface area contributed by atoms with Crippen LogP contribution < -0.4 is 15.4 Å². The SMILES string of the molecule is COc1ccc(CSC2=NC(C)=C(C(=O)O)C(c3ccc([N+](=O)[O-])cc3)N2C(=O)NCCCN2CCC(c3cccc(NC(C)=O)c3)CC2)cc1. The second kappa shape index (κ2) is 17.1. The molecule has 3 N–H and O–H groups in total. The topological polar surface area (TPSA) is 167 Å². The van der Waals surface area contributed by atoms with E-state index in [0.29, 0.717) is 41.1 Å². The number of thioether (sulfide) groups is 1. The quantitative estimate of drug-likeness (QED) is 0.107. The number of hydrogen-bond donors (Lipinski definition) is 3. The maximum atomic E-state index is 14.0. The molecule has 14 heteroatoms. The lowest BCUT2D eigenvalue weighted by Gasteiger charge is -2.36. The van der Waals surface area contributed by atoms with Crippen LogP contribution in [0.1, 0.15) is 61.8 Å². The number of carbonyl (C=O) groups excluding carboxylic acids is 2. The molecule has 3 amide bonds. The molecule has 1 atom stereocenters. The number of rotatable bonds is 12. The molecule has 0 aromatic heterocycles. The van der Waals surface area contributed by atoms with Crippen LogP contribution in [0.2, 0.25) is 0 Å². The Balaban J connectivity index is 1.27. The fourth-order valence-electron chi connectivity index (χ4n) is 6.38. The van der Waals surface area contributed by atoms with Gasteiger partial charge in [0.15, 0.2) is 5.17 Å². The molecular weight excluding hydrogens is 673 g/mol. The van der Waals surface area contributed by atoms with Crippen LogP contribution in [0, 0.1) is 10.1 Å². The number of allylic oxidation sites excluding steroid dienone is 1. The molecule has 1 saturated heterocycles. The fourth-order valence-corrected chi connectivity index (χ4v) is 7.40.